The van der Waals surface area contributed by atoms with Crippen LogP contribution in [0, 0.1) is 16.7 Å². The zero-order chi connectivity index (χ0) is 16.1. The van der Waals surface area contributed by atoms with Crippen LogP contribution in [0.5, 0.6) is 0 Å². The van der Waals surface area contributed by atoms with E-state index in [1.807, 2.05) is 37.3 Å². The van der Waals surface area contributed by atoms with Crippen molar-refractivity contribution in [3.63, 3.8) is 0 Å². The number of nitriles is 1. The molecule has 0 unspecified atom stereocenters. The molecule has 0 heterocycles. The van der Waals surface area contributed by atoms with Crippen molar-refractivity contribution in [1.82, 2.24) is 5.32 Å². The molecule has 0 saturated heterocycles. The van der Waals surface area contributed by atoms with Gasteiger partial charge in [0.25, 0.3) is 0 Å². The second-order valence-electron chi connectivity index (χ2n) is 6.35. The summed E-state index contributed by atoms with van der Waals surface area (Å²) in [6.45, 7) is 2.29. The highest BCUT2D eigenvalue weighted by Gasteiger charge is 2.41. The molecule has 0 radical (unpaired) electrons. The maximum atomic E-state index is 11.9. The van der Waals surface area contributed by atoms with Crippen LogP contribution in [0.2, 0.25) is 0 Å². The minimum Gasteiger partial charge on any atom is -0.445 e. The van der Waals surface area contributed by atoms with Crippen LogP contribution in [0.4, 0.5) is 4.79 Å². The maximum Gasteiger partial charge on any atom is 0.408 e. The number of alkyl carbamates (subject to hydrolysis) is 1. The Morgan fingerprint density at radius 2 is 1.95 bits per heavy atom. The van der Waals surface area contributed by atoms with Crippen molar-refractivity contribution in [2.24, 2.45) is 5.41 Å². The third-order valence-corrected chi connectivity index (χ3v) is 4.46. The van der Waals surface area contributed by atoms with Gasteiger partial charge in [-0.3, -0.25) is 0 Å². The summed E-state index contributed by atoms with van der Waals surface area (Å²) in [5, 5.41) is 21.5. The fraction of sp³-hybridized carbons (Fsp3) is 0.529. The number of hydrogen-bond acceptors (Lipinski definition) is 4. The first kappa shape index (κ1) is 16.3. The molecular weight excluding hydrogens is 280 g/mol. The number of ether oxygens (including phenoxy) is 1. The molecule has 22 heavy (non-hydrogen) atoms. The molecule has 0 spiro atoms. The largest absolute Gasteiger partial charge is 0.445 e. The zero-order valence-corrected chi connectivity index (χ0v) is 12.8. The lowest BCUT2D eigenvalue weighted by Gasteiger charge is -2.40. The first-order valence-electron chi connectivity index (χ1n) is 7.52. The van der Waals surface area contributed by atoms with Crippen molar-refractivity contribution in [1.29, 1.82) is 5.26 Å². The lowest BCUT2D eigenvalue weighted by Crippen LogP contribution is -2.51. The van der Waals surface area contributed by atoms with Gasteiger partial charge in [-0.2, -0.15) is 5.26 Å². The fourth-order valence-corrected chi connectivity index (χ4v) is 2.66. The van der Waals surface area contributed by atoms with Gasteiger partial charge < -0.3 is 15.2 Å². The van der Waals surface area contributed by atoms with E-state index >= 15 is 0 Å². The number of carbonyl (C=O) groups excluding carboxylic acids is 1. The molecule has 1 aromatic rings. The summed E-state index contributed by atoms with van der Waals surface area (Å²) in [5.74, 6) is 0. The number of nitrogens with one attached hydrogen (secondary N) is 1. The second kappa shape index (κ2) is 6.80. The highest BCUT2D eigenvalue weighted by atomic mass is 16.5. The summed E-state index contributed by atoms with van der Waals surface area (Å²) in [4.78, 5) is 11.9. The third kappa shape index (κ3) is 3.99. The average molecular weight is 302 g/mol. The van der Waals surface area contributed by atoms with Gasteiger partial charge in [0.15, 0.2) is 0 Å². The van der Waals surface area contributed by atoms with E-state index in [2.05, 4.69) is 11.4 Å². The average Bonchev–Trinajstić information content (AvgIpc) is 2.56. The van der Waals surface area contributed by atoms with Crippen LogP contribution in [-0.2, 0) is 11.3 Å². The Labute approximate surface area is 130 Å². The quantitative estimate of drug-likeness (QED) is 0.896. The molecule has 118 valence electrons. The number of amides is 1. The van der Waals surface area contributed by atoms with Gasteiger partial charge in [0.2, 0.25) is 0 Å². The van der Waals surface area contributed by atoms with Crippen molar-refractivity contribution in [3.8, 4) is 6.07 Å². The molecule has 0 bridgehead atoms. The molecule has 1 saturated carbocycles. The summed E-state index contributed by atoms with van der Waals surface area (Å²) in [7, 11) is 0. The number of aliphatic hydroxyl groups is 1. The van der Waals surface area contributed by atoms with Gasteiger partial charge in [0.1, 0.15) is 12.1 Å². The molecule has 5 nitrogen and oxygen atoms in total. The van der Waals surface area contributed by atoms with Crippen LogP contribution in [0.25, 0.3) is 0 Å². The van der Waals surface area contributed by atoms with E-state index in [1.54, 1.807) is 0 Å². The monoisotopic (exact) mass is 302 g/mol. The Morgan fingerprint density at radius 1 is 1.32 bits per heavy atom. The number of rotatable bonds is 4. The van der Waals surface area contributed by atoms with E-state index in [4.69, 9.17) is 4.74 Å². The smallest absolute Gasteiger partial charge is 0.408 e. The first-order valence-corrected chi connectivity index (χ1v) is 7.52. The van der Waals surface area contributed by atoms with Gasteiger partial charge in [-0.05, 0) is 36.7 Å². The summed E-state index contributed by atoms with van der Waals surface area (Å²) >= 11 is 0. The van der Waals surface area contributed by atoms with E-state index in [-0.39, 0.29) is 18.6 Å². The Hall–Kier alpha value is -2.06. The molecule has 1 fully saturated rings. The van der Waals surface area contributed by atoms with E-state index in [9.17, 15) is 15.2 Å². The molecular formula is C17H22N2O3. The zero-order valence-electron chi connectivity index (χ0n) is 12.8. The second-order valence-corrected chi connectivity index (χ2v) is 6.35. The van der Waals surface area contributed by atoms with Crippen LogP contribution in [0.3, 0.4) is 0 Å². The minimum atomic E-state index is -0.886. The van der Waals surface area contributed by atoms with Gasteiger partial charge in [-0.15, -0.1) is 0 Å². The maximum absolute atomic E-state index is 11.9. The molecule has 1 amide bonds. The summed E-state index contributed by atoms with van der Waals surface area (Å²) in [5.41, 5.74) is -0.140. The van der Waals surface area contributed by atoms with Gasteiger partial charge in [0.05, 0.1) is 6.07 Å². The lowest BCUT2D eigenvalue weighted by atomic mass is 9.69. The third-order valence-electron chi connectivity index (χ3n) is 4.46. The van der Waals surface area contributed by atoms with Crippen molar-refractivity contribution >= 4 is 6.09 Å². The van der Waals surface area contributed by atoms with E-state index in [0.29, 0.717) is 25.7 Å². The summed E-state index contributed by atoms with van der Waals surface area (Å²) in [6, 6.07) is 11.6. The molecule has 1 aromatic carbocycles. The molecule has 1 aliphatic rings. The van der Waals surface area contributed by atoms with Crippen LogP contribution >= 0.6 is 0 Å². The Morgan fingerprint density at radius 3 is 2.50 bits per heavy atom. The molecule has 2 rings (SSSR count). The predicted molar refractivity (Wildman–Crippen MR) is 81.8 cm³/mol. The van der Waals surface area contributed by atoms with Crippen molar-refractivity contribution in [2.75, 3.05) is 6.61 Å². The molecule has 0 aromatic heterocycles. The molecule has 0 atom stereocenters. The minimum absolute atomic E-state index is 0.104. The van der Waals surface area contributed by atoms with Crippen LogP contribution in [-0.4, -0.2) is 23.3 Å². The standard InChI is InChI=1S/C17H22N2O3/c1-16(13-20)7-9-17(12-18,10-8-16)19-15(21)22-11-14-5-3-2-4-6-14/h2-6,20H,7-11,13H2,1H3,(H,19,21). The predicted octanol–water partition coefficient (Wildman–Crippen LogP) is 2.75. The number of aliphatic hydroxyl groups excluding tert-OH is 1. The topological polar surface area (TPSA) is 82.4 Å². The van der Waals surface area contributed by atoms with Crippen molar-refractivity contribution < 1.29 is 14.6 Å². The Bertz CT molecular complexity index is 543. The van der Waals surface area contributed by atoms with Crippen LogP contribution in [0.15, 0.2) is 30.3 Å². The van der Waals surface area contributed by atoms with Gasteiger partial charge in [-0.1, -0.05) is 37.3 Å². The van der Waals surface area contributed by atoms with Crippen molar-refractivity contribution in [2.45, 2.75) is 44.8 Å². The highest BCUT2D eigenvalue weighted by Crippen LogP contribution is 2.40. The number of carbonyl (C=O) groups is 1. The first-order chi connectivity index (χ1) is 10.5. The normalized spacial score (nSPS) is 27.7. The van der Waals surface area contributed by atoms with E-state index in [1.165, 1.54) is 0 Å². The van der Waals surface area contributed by atoms with Crippen LogP contribution in [0.1, 0.15) is 38.2 Å². The highest BCUT2D eigenvalue weighted by molar-refractivity contribution is 5.69. The Kier molecular flexibility index (Phi) is 5.04. The fourth-order valence-electron chi connectivity index (χ4n) is 2.66. The Balaban J connectivity index is 1.88. The van der Waals surface area contributed by atoms with E-state index < -0.39 is 11.6 Å². The van der Waals surface area contributed by atoms with Crippen LogP contribution < -0.4 is 5.32 Å². The SMILES string of the molecule is CC1(CO)CCC(C#N)(NC(=O)OCc2ccccc2)CC1. The molecule has 1 aliphatic carbocycles. The van der Waals surface area contributed by atoms with E-state index in [0.717, 1.165) is 5.56 Å². The van der Waals surface area contributed by atoms with Crippen molar-refractivity contribution in [3.05, 3.63) is 35.9 Å². The number of nitrogens with zero attached hydrogens (tertiary/aromatic N) is 1. The molecule has 2 N–H and O–H groups in total. The van der Waals surface area contributed by atoms with Gasteiger partial charge in [0, 0.05) is 6.61 Å². The molecule has 0 aliphatic heterocycles. The number of benzene rings is 1. The van der Waals surface area contributed by atoms with Gasteiger partial charge in [-0.25, -0.2) is 4.79 Å². The van der Waals surface area contributed by atoms with Gasteiger partial charge >= 0.3 is 6.09 Å². The summed E-state index contributed by atoms with van der Waals surface area (Å²) in [6.07, 6.45) is 1.90. The number of hydrogen-bond donors (Lipinski definition) is 2. The molecule has 5 heteroatoms. The lowest BCUT2D eigenvalue weighted by molar-refractivity contribution is 0.0692. The summed E-state index contributed by atoms with van der Waals surface area (Å²) < 4.78 is 5.19.